The average molecular weight is 337 g/mol. The molecule has 0 spiro atoms. The third kappa shape index (κ3) is 3.36. The molecule has 1 unspecified atom stereocenters. The van der Waals surface area contributed by atoms with Crippen LogP contribution in [0.5, 0.6) is 5.75 Å². The smallest absolute Gasteiger partial charge is 0.268 e. The Hall–Kier alpha value is -2.82. The van der Waals surface area contributed by atoms with Crippen molar-refractivity contribution in [2.45, 2.75) is 26.3 Å². The number of fused-ring (bicyclic) bond motifs is 1. The van der Waals surface area contributed by atoms with Gasteiger partial charge in [-0.2, -0.15) is 0 Å². The Morgan fingerprint density at radius 1 is 1.28 bits per heavy atom. The summed E-state index contributed by atoms with van der Waals surface area (Å²) in [6.07, 6.45) is 2.56. The number of carbonyl (C=O) groups excluding carboxylic acids is 1. The van der Waals surface area contributed by atoms with Gasteiger partial charge in [-0.1, -0.05) is 6.92 Å². The third-order valence-corrected chi connectivity index (χ3v) is 4.49. The van der Waals surface area contributed by atoms with E-state index in [1.807, 2.05) is 61.9 Å². The lowest BCUT2D eigenvalue weighted by Crippen LogP contribution is -2.30. The highest BCUT2D eigenvalue weighted by Crippen LogP contribution is 2.24. The van der Waals surface area contributed by atoms with E-state index in [9.17, 15) is 4.79 Å². The number of pyridine rings is 1. The van der Waals surface area contributed by atoms with Gasteiger partial charge in [-0.05, 0) is 55.3 Å². The summed E-state index contributed by atoms with van der Waals surface area (Å²) in [6, 6.07) is 11.5. The Morgan fingerprint density at radius 3 is 2.76 bits per heavy atom. The number of benzene rings is 1. The van der Waals surface area contributed by atoms with Crippen molar-refractivity contribution in [2.75, 3.05) is 7.11 Å². The van der Waals surface area contributed by atoms with E-state index in [1.54, 1.807) is 13.3 Å². The molecule has 0 radical (unpaired) electrons. The molecular weight excluding hydrogens is 314 g/mol. The maximum Gasteiger partial charge on any atom is 0.268 e. The molecule has 1 N–H and O–H groups in total. The molecule has 5 nitrogen and oxygen atoms in total. The summed E-state index contributed by atoms with van der Waals surface area (Å²) in [6.45, 7) is 4.07. The highest BCUT2D eigenvalue weighted by molar-refractivity contribution is 5.99. The van der Waals surface area contributed by atoms with Crippen LogP contribution in [0.4, 0.5) is 0 Å². The van der Waals surface area contributed by atoms with Crippen molar-refractivity contribution >= 4 is 16.8 Å². The minimum atomic E-state index is -0.111. The lowest BCUT2D eigenvalue weighted by Gasteiger charge is -2.17. The van der Waals surface area contributed by atoms with Crippen LogP contribution in [0, 0.1) is 6.92 Å². The molecule has 25 heavy (non-hydrogen) atoms. The highest BCUT2D eigenvalue weighted by atomic mass is 16.5. The topological polar surface area (TPSA) is 56.1 Å². The molecule has 0 aliphatic carbocycles. The highest BCUT2D eigenvalue weighted by Gasteiger charge is 2.19. The molecule has 2 aromatic heterocycles. The molecule has 1 aromatic carbocycles. The first-order chi connectivity index (χ1) is 12.0. The zero-order valence-corrected chi connectivity index (χ0v) is 15.0. The van der Waals surface area contributed by atoms with Crippen LogP contribution in [0.15, 0.2) is 42.6 Å². The van der Waals surface area contributed by atoms with Crippen LogP contribution in [0.25, 0.3) is 10.9 Å². The van der Waals surface area contributed by atoms with Gasteiger partial charge in [0, 0.05) is 24.1 Å². The molecule has 1 amide bonds. The van der Waals surface area contributed by atoms with E-state index >= 15 is 0 Å². The van der Waals surface area contributed by atoms with Crippen molar-refractivity contribution in [3.05, 3.63) is 59.5 Å². The zero-order valence-electron chi connectivity index (χ0n) is 15.0. The first kappa shape index (κ1) is 17.0. The number of amides is 1. The lowest BCUT2D eigenvalue weighted by atomic mass is 10.1. The van der Waals surface area contributed by atoms with Crippen molar-refractivity contribution < 1.29 is 9.53 Å². The maximum atomic E-state index is 12.8. The molecule has 0 fully saturated rings. The summed E-state index contributed by atoms with van der Waals surface area (Å²) in [7, 11) is 3.54. The van der Waals surface area contributed by atoms with Crippen LogP contribution in [0.3, 0.4) is 0 Å². The van der Waals surface area contributed by atoms with Gasteiger partial charge in [0.2, 0.25) is 0 Å². The fraction of sp³-hybridized carbons (Fsp3) is 0.300. The number of rotatable bonds is 5. The molecule has 0 saturated carbocycles. The molecule has 1 atom stereocenters. The first-order valence-corrected chi connectivity index (χ1v) is 8.40. The Labute approximate surface area is 147 Å². The number of hydrogen-bond acceptors (Lipinski definition) is 3. The number of methoxy groups -OCH3 is 1. The minimum Gasteiger partial charge on any atom is -0.497 e. The summed E-state index contributed by atoms with van der Waals surface area (Å²) in [5.74, 6) is 0.674. The number of ether oxygens (including phenoxy) is 1. The largest absolute Gasteiger partial charge is 0.497 e. The van der Waals surface area contributed by atoms with E-state index in [2.05, 4.69) is 10.3 Å². The Morgan fingerprint density at radius 2 is 2.08 bits per heavy atom. The molecule has 3 aromatic rings. The summed E-state index contributed by atoms with van der Waals surface area (Å²) >= 11 is 0. The van der Waals surface area contributed by atoms with Crippen LogP contribution in [-0.4, -0.2) is 22.6 Å². The summed E-state index contributed by atoms with van der Waals surface area (Å²) in [5, 5.41) is 4.08. The Balaban J connectivity index is 1.89. The predicted molar refractivity (Wildman–Crippen MR) is 98.9 cm³/mol. The Bertz CT molecular complexity index is 914. The van der Waals surface area contributed by atoms with Crippen LogP contribution < -0.4 is 10.1 Å². The van der Waals surface area contributed by atoms with Gasteiger partial charge in [0.1, 0.15) is 11.4 Å². The molecular formula is C20H23N3O2. The molecule has 0 aliphatic rings. The van der Waals surface area contributed by atoms with Crippen molar-refractivity contribution in [1.29, 1.82) is 0 Å². The molecule has 0 bridgehead atoms. The quantitative estimate of drug-likeness (QED) is 0.771. The molecule has 0 saturated heterocycles. The molecule has 5 heteroatoms. The van der Waals surface area contributed by atoms with Gasteiger partial charge < -0.3 is 14.6 Å². The average Bonchev–Trinajstić information content (AvgIpc) is 2.95. The monoisotopic (exact) mass is 337 g/mol. The number of hydrogen-bond donors (Lipinski definition) is 1. The van der Waals surface area contributed by atoms with Crippen LogP contribution in [-0.2, 0) is 7.05 Å². The fourth-order valence-electron chi connectivity index (χ4n) is 3.04. The van der Waals surface area contributed by atoms with Crippen molar-refractivity contribution in [3.63, 3.8) is 0 Å². The number of aromatic nitrogens is 2. The maximum absolute atomic E-state index is 12.8. The van der Waals surface area contributed by atoms with E-state index < -0.39 is 0 Å². The van der Waals surface area contributed by atoms with E-state index in [0.717, 1.165) is 34.3 Å². The molecule has 2 heterocycles. The number of carbonyl (C=O) groups is 1. The van der Waals surface area contributed by atoms with Crippen molar-refractivity contribution in [1.82, 2.24) is 14.9 Å². The zero-order chi connectivity index (χ0) is 18.0. The second-order valence-corrected chi connectivity index (χ2v) is 6.21. The van der Waals surface area contributed by atoms with Gasteiger partial charge in [0.25, 0.3) is 5.91 Å². The minimum absolute atomic E-state index is 0.104. The summed E-state index contributed by atoms with van der Waals surface area (Å²) in [4.78, 5) is 17.2. The van der Waals surface area contributed by atoms with Gasteiger partial charge in [-0.25, -0.2) is 0 Å². The lowest BCUT2D eigenvalue weighted by molar-refractivity contribution is 0.0927. The molecule has 0 aliphatic heterocycles. The van der Waals surface area contributed by atoms with Crippen molar-refractivity contribution in [2.24, 2.45) is 7.05 Å². The number of nitrogens with zero attached hydrogens (tertiary/aromatic N) is 2. The van der Waals surface area contributed by atoms with Gasteiger partial charge in [-0.3, -0.25) is 9.78 Å². The Kier molecular flexibility index (Phi) is 4.74. The van der Waals surface area contributed by atoms with Crippen LogP contribution >= 0.6 is 0 Å². The first-order valence-electron chi connectivity index (χ1n) is 8.40. The van der Waals surface area contributed by atoms with Crippen molar-refractivity contribution in [3.8, 4) is 5.75 Å². The second-order valence-electron chi connectivity index (χ2n) is 6.21. The fourth-order valence-corrected chi connectivity index (χ4v) is 3.04. The van der Waals surface area contributed by atoms with Crippen LogP contribution in [0.1, 0.15) is 41.1 Å². The summed E-state index contributed by atoms with van der Waals surface area (Å²) in [5.41, 5.74) is 3.63. The van der Waals surface area contributed by atoms with E-state index in [4.69, 9.17) is 4.74 Å². The van der Waals surface area contributed by atoms with Crippen LogP contribution in [0.2, 0.25) is 0 Å². The third-order valence-electron chi connectivity index (χ3n) is 4.49. The molecule has 3 rings (SSSR count). The normalized spacial score (nSPS) is 12.2. The standard InChI is InChI=1S/C20H23N3O2/c1-5-16(17-10-13(2)8-9-21-17)22-20(24)19-12-14-11-15(25-4)6-7-18(14)23(19)3/h6-12,16H,5H2,1-4H3,(H,22,24). The van der Waals surface area contributed by atoms with E-state index in [0.29, 0.717) is 5.69 Å². The van der Waals surface area contributed by atoms with Gasteiger partial charge in [0.05, 0.1) is 18.8 Å². The second kappa shape index (κ2) is 6.97. The molecule has 130 valence electrons. The van der Waals surface area contributed by atoms with E-state index in [1.165, 1.54) is 0 Å². The summed E-state index contributed by atoms with van der Waals surface area (Å²) < 4.78 is 7.17. The van der Waals surface area contributed by atoms with E-state index in [-0.39, 0.29) is 11.9 Å². The van der Waals surface area contributed by atoms with Gasteiger partial charge in [-0.15, -0.1) is 0 Å². The van der Waals surface area contributed by atoms with Gasteiger partial charge in [0.15, 0.2) is 0 Å². The predicted octanol–water partition coefficient (Wildman–Crippen LogP) is 3.77. The van der Waals surface area contributed by atoms with Gasteiger partial charge >= 0.3 is 0 Å². The SMILES string of the molecule is CCC(NC(=O)c1cc2cc(OC)ccc2n1C)c1cc(C)ccn1. The number of aryl methyl sites for hydroxylation is 2. The number of nitrogens with one attached hydrogen (secondary N) is 1.